The van der Waals surface area contributed by atoms with Crippen LogP contribution in [0, 0.1) is 10.1 Å². The Morgan fingerprint density at radius 1 is 1.14 bits per heavy atom. The lowest BCUT2D eigenvalue weighted by Crippen LogP contribution is -2.21. The zero-order valence-electron chi connectivity index (χ0n) is 10.8. The molecule has 21 heavy (non-hydrogen) atoms. The van der Waals surface area contributed by atoms with Gasteiger partial charge in [0.15, 0.2) is 0 Å². The van der Waals surface area contributed by atoms with Gasteiger partial charge in [-0.2, -0.15) is 0 Å². The van der Waals surface area contributed by atoms with Gasteiger partial charge in [-0.15, -0.1) is 0 Å². The highest BCUT2D eigenvalue weighted by molar-refractivity contribution is 6.00. The number of nitro benzene ring substituents is 1. The molecule has 0 fully saturated rings. The van der Waals surface area contributed by atoms with Crippen molar-refractivity contribution in [1.29, 1.82) is 0 Å². The second-order valence-electron chi connectivity index (χ2n) is 4.35. The van der Waals surface area contributed by atoms with Crippen molar-refractivity contribution >= 4 is 22.6 Å². The molecule has 1 heterocycles. The van der Waals surface area contributed by atoms with E-state index in [2.05, 4.69) is 10.4 Å². The van der Waals surface area contributed by atoms with Crippen LogP contribution < -0.4 is 5.43 Å². The molecule has 0 aliphatic carbocycles. The monoisotopic (exact) mass is 282 g/mol. The van der Waals surface area contributed by atoms with Crippen molar-refractivity contribution in [2.75, 3.05) is 5.43 Å². The molecule has 3 aromatic rings. The predicted molar refractivity (Wildman–Crippen MR) is 76.5 cm³/mol. The van der Waals surface area contributed by atoms with Gasteiger partial charge < -0.3 is 0 Å². The standard InChI is InChI=1S/C14H10N4O3/c19-14(10-5-7-11(8-6-10)18(20)21)16-17-9-15-12-3-1-2-4-13(12)17/h1-9H,(H,16,19). The Morgan fingerprint density at radius 3 is 2.57 bits per heavy atom. The minimum Gasteiger partial charge on any atom is -0.267 e. The fraction of sp³-hybridized carbons (Fsp3) is 0. The van der Waals surface area contributed by atoms with Crippen molar-refractivity contribution in [3.8, 4) is 0 Å². The average Bonchev–Trinajstić information content (AvgIpc) is 2.91. The van der Waals surface area contributed by atoms with Gasteiger partial charge in [0, 0.05) is 17.7 Å². The Hall–Kier alpha value is -3.22. The lowest BCUT2D eigenvalue weighted by atomic mass is 10.2. The number of nitrogens with zero attached hydrogens (tertiary/aromatic N) is 3. The number of amides is 1. The number of non-ortho nitro benzene ring substituents is 1. The number of rotatable bonds is 3. The van der Waals surface area contributed by atoms with Gasteiger partial charge in [0.1, 0.15) is 6.33 Å². The molecule has 0 aliphatic heterocycles. The molecule has 1 aromatic heterocycles. The SMILES string of the molecule is O=C(Nn1cnc2ccccc21)c1ccc([N+](=O)[O-])cc1. The van der Waals surface area contributed by atoms with Crippen LogP contribution in [-0.2, 0) is 0 Å². The quantitative estimate of drug-likeness (QED) is 0.589. The van der Waals surface area contributed by atoms with Gasteiger partial charge >= 0.3 is 0 Å². The number of benzene rings is 2. The molecule has 3 rings (SSSR count). The molecule has 0 spiro atoms. The van der Waals surface area contributed by atoms with Crippen molar-refractivity contribution in [3.63, 3.8) is 0 Å². The topological polar surface area (TPSA) is 90.1 Å². The first-order valence-corrected chi connectivity index (χ1v) is 6.13. The molecular formula is C14H10N4O3. The molecule has 1 N–H and O–H groups in total. The van der Waals surface area contributed by atoms with E-state index < -0.39 is 4.92 Å². The summed E-state index contributed by atoms with van der Waals surface area (Å²) < 4.78 is 1.51. The summed E-state index contributed by atoms with van der Waals surface area (Å²) in [5.74, 6) is -0.368. The van der Waals surface area contributed by atoms with Crippen molar-refractivity contribution in [1.82, 2.24) is 9.66 Å². The normalized spacial score (nSPS) is 10.5. The van der Waals surface area contributed by atoms with E-state index in [4.69, 9.17) is 0 Å². The summed E-state index contributed by atoms with van der Waals surface area (Å²) in [6, 6.07) is 12.8. The summed E-state index contributed by atoms with van der Waals surface area (Å²) in [7, 11) is 0. The minimum atomic E-state index is -0.509. The van der Waals surface area contributed by atoms with Crippen LogP contribution in [0.4, 0.5) is 5.69 Å². The van der Waals surface area contributed by atoms with E-state index in [1.807, 2.05) is 24.3 Å². The maximum absolute atomic E-state index is 12.1. The molecule has 0 atom stereocenters. The van der Waals surface area contributed by atoms with Crippen LogP contribution in [0.15, 0.2) is 54.9 Å². The highest BCUT2D eigenvalue weighted by Gasteiger charge is 2.10. The fourth-order valence-corrected chi connectivity index (χ4v) is 1.96. The predicted octanol–water partition coefficient (Wildman–Crippen LogP) is 2.33. The highest BCUT2D eigenvalue weighted by atomic mass is 16.6. The molecule has 7 nitrogen and oxygen atoms in total. The maximum Gasteiger partial charge on any atom is 0.270 e. The first-order valence-electron chi connectivity index (χ1n) is 6.13. The molecule has 0 saturated heterocycles. The Labute approximate surface area is 119 Å². The summed E-state index contributed by atoms with van der Waals surface area (Å²) in [4.78, 5) is 26.3. The van der Waals surface area contributed by atoms with Crippen LogP contribution in [0.25, 0.3) is 11.0 Å². The van der Waals surface area contributed by atoms with Crippen molar-refractivity contribution < 1.29 is 9.72 Å². The lowest BCUT2D eigenvalue weighted by Gasteiger charge is -2.06. The maximum atomic E-state index is 12.1. The molecule has 1 amide bonds. The number of imidazole rings is 1. The van der Waals surface area contributed by atoms with E-state index in [1.165, 1.54) is 35.3 Å². The number of nitro groups is 1. The summed E-state index contributed by atoms with van der Waals surface area (Å²) in [5.41, 5.74) is 4.49. The van der Waals surface area contributed by atoms with Gasteiger partial charge in [-0.3, -0.25) is 20.3 Å². The van der Waals surface area contributed by atoms with Gasteiger partial charge in [-0.25, -0.2) is 9.66 Å². The lowest BCUT2D eigenvalue weighted by molar-refractivity contribution is -0.384. The highest BCUT2D eigenvalue weighted by Crippen LogP contribution is 2.13. The largest absolute Gasteiger partial charge is 0.270 e. The second-order valence-corrected chi connectivity index (χ2v) is 4.35. The number of hydrogen-bond acceptors (Lipinski definition) is 4. The van der Waals surface area contributed by atoms with E-state index in [-0.39, 0.29) is 11.6 Å². The van der Waals surface area contributed by atoms with Crippen LogP contribution in [0.5, 0.6) is 0 Å². The van der Waals surface area contributed by atoms with Crippen LogP contribution in [0.1, 0.15) is 10.4 Å². The van der Waals surface area contributed by atoms with Crippen LogP contribution in [0.3, 0.4) is 0 Å². The number of nitrogens with one attached hydrogen (secondary N) is 1. The Bertz CT molecular complexity index is 824. The Balaban J connectivity index is 1.84. The minimum absolute atomic E-state index is 0.0559. The van der Waals surface area contributed by atoms with Gasteiger partial charge in [-0.1, -0.05) is 12.1 Å². The number of aromatic nitrogens is 2. The Morgan fingerprint density at radius 2 is 1.86 bits per heavy atom. The second kappa shape index (κ2) is 5.04. The van der Waals surface area contributed by atoms with E-state index >= 15 is 0 Å². The molecule has 0 radical (unpaired) electrons. The first kappa shape index (κ1) is 12.8. The van der Waals surface area contributed by atoms with Crippen LogP contribution in [0.2, 0.25) is 0 Å². The van der Waals surface area contributed by atoms with Crippen molar-refractivity contribution in [3.05, 3.63) is 70.5 Å². The number of fused-ring (bicyclic) bond motifs is 1. The third kappa shape index (κ3) is 2.44. The fourth-order valence-electron chi connectivity index (χ4n) is 1.96. The smallest absolute Gasteiger partial charge is 0.267 e. The Kier molecular flexibility index (Phi) is 3.07. The zero-order valence-corrected chi connectivity index (χ0v) is 10.8. The van der Waals surface area contributed by atoms with E-state index in [0.29, 0.717) is 5.56 Å². The molecule has 0 saturated carbocycles. The third-order valence-corrected chi connectivity index (χ3v) is 3.02. The summed E-state index contributed by atoms with van der Waals surface area (Å²) in [5, 5.41) is 10.6. The molecule has 0 aliphatic rings. The number of carbonyl (C=O) groups is 1. The molecule has 104 valence electrons. The van der Waals surface area contributed by atoms with Crippen molar-refractivity contribution in [2.45, 2.75) is 0 Å². The van der Waals surface area contributed by atoms with E-state index in [1.54, 1.807) is 0 Å². The summed E-state index contributed by atoms with van der Waals surface area (Å²) in [6.07, 6.45) is 1.51. The van der Waals surface area contributed by atoms with E-state index in [9.17, 15) is 14.9 Å². The number of carbonyl (C=O) groups excluding carboxylic acids is 1. The van der Waals surface area contributed by atoms with E-state index in [0.717, 1.165) is 11.0 Å². The van der Waals surface area contributed by atoms with Crippen molar-refractivity contribution in [2.24, 2.45) is 0 Å². The van der Waals surface area contributed by atoms with Crippen LogP contribution >= 0.6 is 0 Å². The molecular weight excluding hydrogens is 272 g/mol. The number of para-hydroxylation sites is 2. The van der Waals surface area contributed by atoms with Crippen LogP contribution in [-0.4, -0.2) is 20.5 Å². The van der Waals surface area contributed by atoms with Gasteiger partial charge in [0.2, 0.25) is 0 Å². The third-order valence-electron chi connectivity index (χ3n) is 3.02. The summed E-state index contributed by atoms with van der Waals surface area (Å²) >= 11 is 0. The number of hydrogen-bond donors (Lipinski definition) is 1. The molecule has 2 aromatic carbocycles. The first-order chi connectivity index (χ1) is 10.1. The van der Waals surface area contributed by atoms with Gasteiger partial charge in [-0.05, 0) is 24.3 Å². The van der Waals surface area contributed by atoms with Gasteiger partial charge in [0.25, 0.3) is 11.6 Å². The molecule has 7 heteroatoms. The molecule has 0 unspecified atom stereocenters. The molecule has 0 bridgehead atoms. The van der Waals surface area contributed by atoms with Gasteiger partial charge in [0.05, 0.1) is 16.0 Å². The summed E-state index contributed by atoms with van der Waals surface area (Å²) in [6.45, 7) is 0. The average molecular weight is 282 g/mol. The zero-order chi connectivity index (χ0) is 14.8.